The molecule has 16 heavy (non-hydrogen) atoms. The van der Waals surface area contributed by atoms with Crippen molar-refractivity contribution in [3.8, 4) is 0 Å². The summed E-state index contributed by atoms with van der Waals surface area (Å²) >= 11 is 0. The van der Waals surface area contributed by atoms with Gasteiger partial charge in [0.2, 0.25) is 0 Å². The largest absolute Gasteiger partial charge is 0.478 e. The number of rotatable bonds is 2. The predicted molar refractivity (Wildman–Crippen MR) is 63.5 cm³/mol. The molecule has 0 aliphatic carbocycles. The smallest absolute Gasteiger partial charge is 0.336 e. The van der Waals surface area contributed by atoms with E-state index in [-0.39, 0.29) is 0 Å². The van der Waals surface area contributed by atoms with E-state index in [0.29, 0.717) is 5.56 Å². The highest BCUT2D eigenvalue weighted by Gasteiger charge is 2.15. The van der Waals surface area contributed by atoms with Crippen LogP contribution in [0.1, 0.15) is 22.3 Å². The topological polar surface area (TPSA) is 40.5 Å². The van der Waals surface area contributed by atoms with Crippen molar-refractivity contribution in [2.24, 2.45) is 0 Å². The van der Waals surface area contributed by atoms with Gasteiger partial charge in [0.05, 0.1) is 5.56 Å². The lowest BCUT2D eigenvalue weighted by Gasteiger charge is -2.22. The van der Waals surface area contributed by atoms with E-state index in [0.717, 1.165) is 30.6 Å². The molecule has 0 spiro atoms. The first-order chi connectivity index (χ1) is 7.68. The molecule has 1 N–H and O–H groups in total. The van der Waals surface area contributed by atoms with Gasteiger partial charge in [-0.15, -0.1) is 0 Å². The standard InChI is InChI=1S/C13H15NO2/c1-14-8-6-10(7-9-14)11-4-2-3-5-12(11)13(15)16/h2-6H,7-9H2,1H3,(H,15,16). The average molecular weight is 217 g/mol. The van der Waals surface area contributed by atoms with Crippen LogP contribution >= 0.6 is 0 Å². The summed E-state index contributed by atoms with van der Waals surface area (Å²) in [7, 11) is 2.07. The third-order valence-electron chi connectivity index (χ3n) is 2.92. The summed E-state index contributed by atoms with van der Waals surface area (Å²) < 4.78 is 0. The SMILES string of the molecule is CN1CC=C(c2ccccc2C(=O)O)CC1. The second-order valence-corrected chi connectivity index (χ2v) is 4.09. The molecule has 0 bridgehead atoms. The van der Waals surface area contributed by atoms with Crippen LogP contribution in [0.25, 0.3) is 5.57 Å². The van der Waals surface area contributed by atoms with Crippen molar-refractivity contribution < 1.29 is 9.90 Å². The van der Waals surface area contributed by atoms with Gasteiger partial charge in [0.1, 0.15) is 0 Å². The summed E-state index contributed by atoms with van der Waals surface area (Å²) in [5, 5.41) is 9.11. The van der Waals surface area contributed by atoms with E-state index in [9.17, 15) is 4.79 Å². The number of hydrogen-bond donors (Lipinski definition) is 1. The molecule has 3 heteroatoms. The molecule has 0 atom stereocenters. The summed E-state index contributed by atoms with van der Waals surface area (Å²) in [6.07, 6.45) is 3.03. The van der Waals surface area contributed by atoms with Gasteiger partial charge < -0.3 is 10.0 Å². The van der Waals surface area contributed by atoms with Gasteiger partial charge in [-0.1, -0.05) is 24.3 Å². The summed E-state index contributed by atoms with van der Waals surface area (Å²) in [5.41, 5.74) is 2.41. The van der Waals surface area contributed by atoms with Crippen LogP contribution in [0, 0.1) is 0 Å². The van der Waals surface area contributed by atoms with Crippen molar-refractivity contribution in [1.82, 2.24) is 4.90 Å². The lowest BCUT2D eigenvalue weighted by atomic mass is 9.95. The Morgan fingerprint density at radius 2 is 2.12 bits per heavy atom. The number of carboxylic acids is 1. The second kappa shape index (κ2) is 4.49. The Balaban J connectivity index is 2.37. The van der Waals surface area contributed by atoms with Gasteiger partial charge in [0, 0.05) is 13.1 Å². The van der Waals surface area contributed by atoms with Gasteiger partial charge in [-0.2, -0.15) is 0 Å². The number of nitrogens with zero attached hydrogens (tertiary/aromatic N) is 1. The Hall–Kier alpha value is -1.61. The number of carboxylic acid groups (broad SMARTS) is 1. The molecule has 0 aromatic heterocycles. The van der Waals surface area contributed by atoms with Crippen molar-refractivity contribution in [3.63, 3.8) is 0 Å². The first-order valence-corrected chi connectivity index (χ1v) is 5.39. The molecule has 0 radical (unpaired) electrons. The normalized spacial score (nSPS) is 16.9. The van der Waals surface area contributed by atoms with Crippen LogP contribution < -0.4 is 0 Å². The van der Waals surface area contributed by atoms with Crippen LogP contribution in [0.15, 0.2) is 30.3 Å². The first kappa shape index (κ1) is 10.9. The van der Waals surface area contributed by atoms with Gasteiger partial charge >= 0.3 is 5.97 Å². The molecular weight excluding hydrogens is 202 g/mol. The van der Waals surface area contributed by atoms with Crippen LogP contribution in [0.4, 0.5) is 0 Å². The Morgan fingerprint density at radius 3 is 2.75 bits per heavy atom. The van der Waals surface area contributed by atoms with Crippen molar-refractivity contribution >= 4 is 11.5 Å². The summed E-state index contributed by atoms with van der Waals surface area (Å²) in [6, 6.07) is 7.21. The fraction of sp³-hybridized carbons (Fsp3) is 0.308. The minimum Gasteiger partial charge on any atom is -0.478 e. The van der Waals surface area contributed by atoms with Gasteiger partial charge in [0.25, 0.3) is 0 Å². The zero-order valence-corrected chi connectivity index (χ0v) is 9.31. The third kappa shape index (κ3) is 2.14. The molecule has 0 saturated heterocycles. The molecule has 1 heterocycles. The van der Waals surface area contributed by atoms with Gasteiger partial charge in [-0.25, -0.2) is 4.79 Å². The number of aromatic carboxylic acids is 1. The van der Waals surface area contributed by atoms with Crippen LogP contribution in [0.2, 0.25) is 0 Å². The van der Waals surface area contributed by atoms with E-state index in [1.165, 1.54) is 0 Å². The molecule has 0 amide bonds. The fourth-order valence-corrected chi connectivity index (χ4v) is 1.96. The Morgan fingerprint density at radius 1 is 1.38 bits per heavy atom. The molecule has 1 aliphatic heterocycles. The second-order valence-electron chi connectivity index (χ2n) is 4.09. The summed E-state index contributed by atoms with van der Waals surface area (Å²) in [4.78, 5) is 13.3. The van der Waals surface area contributed by atoms with Crippen molar-refractivity contribution in [3.05, 3.63) is 41.5 Å². The number of likely N-dealkylation sites (N-methyl/N-ethyl adjacent to an activating group) is 1. The van der Waals surface area contributed by atoms with E-state index in [2.05, 4.69) is 18.0 Å². The van der Waals surface area contributed by atoms with E-state index in [1.807, 2.05) is 12.1 Å². The van der Waals surface area contributed by atoms with E-state index in [1.54, 1.807) is 12.1 Å². The first-order valence-electron chi connectivity index (χ1n) is 5.39. The fourth-order valence-electron chi connectivity index (χ4n) is 1.96. The van der Waals surface area contributed by atoms with Gasteiger partial charge in [-0.3, -0.25) is 0 Å². The third-order valence-corrected chi connectivity index (χ3v) is 2.92. The van der Waals surface area contributed by atoms with Crippen molar-refractivity contribution in [1.29, 1.82) is 0 Å². The molecule has 0 saturated carbocycles. The molecule has 1 aromatic rings. The summed E-state index contributed by atoms with van der Waals surface area (Å²) in [6.45, 7) is 1.88. The molecule has 0 fully saturated rings. The molecule has 3 nitrogen and oxygen atoms in total. The highest BCUT2D eigenvalue weighted by Crippen LogP contribution is 2.24. The molecule has 2 rings (SSSR count). The molecule has 1 aromatic carbocycles. The Labute approximate surface area is 95.0 Å². The monoisotopic (exact) mass is 217 g/mol. The minimum absolute atomic E-state index is 0.401. The highest BCUT2D eigenvalue weighted by molar-refractivity contribution is 5.94. The van der Waals surface area contributed by atoms with Gasteiger partial charge in [0.15, 0.2) is 0 Å². The molecule has 84 valence electrons. The Kier molecular flexibility index (Phi) is 3.06. The van der Waals surface area contributed by atoms with Crippen LogP contribution in [0.5, 0.6) is 0 Å². The Bertz CT molecular complexity index is 437. The zero-order chi connectivity index (χ0) is 11.5. The highest BCUT2D eigenvalue weighted by atomic mass is 16.4. The minimum atomic E-state index is -0.851. The van der Waals surface area contributed by atoms with E-state index < -0.39 is 5.97 Å². The van der Waals surface area contributed by atoms with Crippen LogP contribution in [-0.2, 0) is 0 Å². The molecule has 1 aliphatic rings. The lowest BCUT2D eigenvalue weighted by molar-refractivity contribution is 0.0696. The van der Waals surface area contributed by atoms with Gasteiger partial charge in [-0.05, 0) is 30.7 Å². The van der Waals surface area contributed by atoms with E-state index in [4.69, 9.17) is 5.11 Å². The maximum Gasteiger partial charge on any atom is 0.336 e. The zero-order valence-electron chi connectivity index (χ0n) is 9.31. The maximum atomic E-state index is 11.1. The lowest BCUT2D eigenvalue weighted by Crippen LogP contribution is -2.24. The average Bonchev–Trinajstić information content (AvgIpc) is 2.30. The summed E-state index contributed by atoms with van der Waals surface area (Å²) in [5.74, 6) is -0.851. The van der Waals surface area contributed by atoms with Crippen LogP contribution in [0.3, 0.4) is 0 Å². The number of benzene rings is 1. The predicted octanol–water partition coefficient (Wildman–Crippen LogP) is 2.10. The van der Waals surface area contributed by atoms with Crippen LogP contribution in [-0.4, -0.2) is 36.1 Å². The quantitative estimate of drug-likeness (QED) is 0.824. The van der Waals surface area contributed by atoms with Crippen molar-refractivity contribution in [2.75, 3.05) is 20.1 Å². The molecule has 0 unspecified atom stereocenters. The molecular formula is C13H15NO2. The number of carbonyl (C=O) groups is 1. The maximum absolute atomic E-state index is 11.1. The van der Waals surface area contributed by atoms with E-state index >= 15 is 0 Å². The van der Waals surface area contributed by atoms with Crippen molar-refractivity contribution in [2.45, 2.75) is 6.42 Å². The number of hydrogen-bond acceptors (Lipinski definition) is 2.